The topological polar surface area (TPSA) is 55.6 Å². The first-order valence-corrected chi connectivity index (χ1v) is 10.4. The third kappa shape index (κ3) is 4.86. The van der Waals surface area contributed by atoms with Gasteiger partial charge in [-0.05, 0) is 62.7 Å². The van der Waals surface area contributed by atoms with Crippen LogP contribution in [0, 0.1) is 13.8 Å². The van der Waals surface area contributed by atoms with Gasteiger partial charge in [0.25, 0.3) is 5.91 Å². The number of nitrogens with one attached hydrogen (secondary N) is 1. The van der Waals surface area contributed by atoms with Gasteiger partial charge in [0, 0.05) is 22.5 Å². The molecular weight excluding hydrogens is 421 g/mol. The molecule has 2 aromatic carbocycles. The fraction of sp³-hybridized carbons (Fsp3) is 0.217. The molecule has 0 aliphatic rings. The lowest BCUT2D eigenvalue weighted by Gasteiger charge is -2.12. The Balaban J connectivity index is 1.72. The zero-order valence-electron chi connectivity index (χ0n) is 17.1. The molecule has 5 nitrogen and oxygen atoms in total. The minimum absolute atomic E-state index is 0.292. The zero-order chi connectivity index (χ0) is 21.7. The molecule has 3 aromatic rings. The standard InChI is InChI=1S/C23H23Cl2N3O2/c1-4-12-30-19-10-8-17(9-11-19)23(29)27-26-14-18-13-15(2)28(16(18)3)21-7-5-6-20(24)22(21)25/h5-11,13-14H,4,12H2,1-3H3,(H,27,29)/b26-14-. The number of carbonyl (C=O) groups excluding carboxylic acids is 1. The Kier molecular flexibility index (Phi) is 7.19. The van der Waals surface area contributed by atoms with Crippen LogP contribution in [-0.2, 0) is 0 Å². The van der Waals surface area contributed by atoms with Crippen molar-refractivity contribution in [2.24, 2.45) is 5.10 Å². The van der Waals surface area contributed by atoms with Gasteiger partial charge in [0.1, 0.15) is 5.75 Å². The summed E-state index contributed by atoms with van der Waals surface area (Å²) in [5.74, 6) is 0.448. The van der Waals surface area contributed by atoms with Crippen molar-refractivity contribution in [1.82, 2.24) is 9.99 Å². The lowest BCUT2D eigenvalue weighted by Crippen LogP contribution is -2.17. The second-order valence-electron chi connectivity index (χ2n) is 6.81. The highest BCUT2D eigenvalue weighted by Crippen LogP contribution is 2.31. The number of halogens is 2. The Morgan fingerprint density at radius 3 is 2.60 bits per heavy atom. The van der Waals surface area contributed by atoms with Crippen LogP contribution in [0.3, 0.4) is 0 Å². The van der Waals surface area contributed by atoms with Gasteiger partial charge in [0.05, 0.1) is 28.6 Å². The van der Waals surface area contributed by atoms with E-state index in [9.17, 15) is 4.79 Å². The van der Waals surface area contributed by atoms with E-state index in [1.165, 1.54) is 0 Å². The molecule has 0 aliphatic heterocycles. The van der Waals surface area contributed by atoms with Crippen molar-refractivity contribution in [1.29, 1.82) is 0 Å². The summed E-state index contributed by atoms with van der Waals surface area (Å²) in [7, 11) is 0. The number of benzene rings is 2. The number of aryl methyl sites for hydroxylation is 1. The lowest BCUT2D eigenvalue weighted by molar-refractivity contribution is 0.0955. The van der Waals surface area contributed by atoms with Crippen LogP contribution in [0.1, 0.15) is 40.7 Å². The van der Waals surface area contributed by atoms with Gasteiger partial charge in [0.15, 0.2) is 0 Å². The molecule has 1 N–H and O–H groups in total. The lowest BCUT2D eigenvalue weighted by atomic mass is 10.2. The van der Waals surface area contributed by atoms with E-state index < -0.39 is 0 Å². The van der Waals surface area contributed by atoms with Crippen molar-refractivity contribution in [3.05, 3.63) is 81.1 Å². The van der Waals surface area contributed by atoms with E-state index >= 15 is 0 Å². The first kappa shape index (κ1) is 21.9. The number of aromatic nitrogens is 1. The molecule has 0 spiro atoms. The number of nitrogens with zero attached hydrogens (tertiary/aromatic N) is 2. The molecule has 1 aromatic heterocycles. The van der Waals surface area contributed by atoms with Crippen LogP contribution in [0.2, 0.25) is 10.0 Å². The van der Waals surface area contributed by atoms with E-state index in [1.54, 1.807) is 36.5 Å². The third-order valence-corrected chi connectivity index (χ3v) is 5.41. The quantitative estimate of drug-likeness (QED) is 0.362. The molecule has 1 heterocycles. The SMILES string of the molecule is CCCOc1ccc(C(=O)N/N=C\c2cc(C)n(-c3cccc(Cl)c3Cl)c2C)cc1. The van der Waals surface area contributed by atoms with Crippen LogP contribution in [0.25, 0.3) is 5.69 Å². The maximum Gasteiger partial charge on any atom is 0.271 e. The predicted octanol–water partition coefficient (Wildman–Crippen LogP) is 5.95. The maximum absolute atomic E-state index is 12.3. The molecule has 156 valence electrons. The van der Waals surface area contributed by atoms with Crippen LogP contribution in [0.4, 0.5) is 0 Å². The van der Waals surface area contributed by atoms with E-state index in [4.69, 9.17) is 27.9 Å². The van der Waals surface area contributed by atoms with Crippen molar-refractivity contribution in [3.63, 3.8) is 0 Å². The normalized spacial score (nSPS) is 11.1. The Labute approximate surface area is 186 Å². The minimum Gasteiger partial charge on any atom is -0.494 e. The number of rotatable bonds is 7. The van der Waals surface area contributed by atoms with Gasteiger partial charge in [-0.15, -0.1) is 0 Å². The molecule has 0 saturated carbocycles. The number of carbonyl (C=O) groups is 1. The molecule has 3 rings (SSSR count). The summed E-state index contributed by atoms with van der Waals surface area (Å²) in [4.78, 5) is 12.3. The molecule has 30 heavy (non-hydrogen) atoms. The highest BCUT2D eigenvalue weighted by atomic mass is 35.5. The van der Waals surface area contributed by atoms with Crippen LogP contribution in [-0.4, -0.2) is 23.3 Å². The fourth-order valence-electron chi connectivity index (χ4n) is 3.10. The van der Waals surface area contributed by atoms with E-state index in [0.717, 1.165) is 34.8 Å². The smallest absolute Gasteiger partial charge is 0.271 e. The van der Waals surface area contributed by atoms with Gasteiger partial charge in [-0.3, -0.25) is 4.79 Å². The van der Waals surface area contributed by atoms with Gasteiger partial charge in [-0.1, -0.05) is 36.2 Å². The molecule has 0 radical (unpaired) electrons. The number of hydrogen-bond acceptors (Lipinski definition) is 3. The van der Waals surface area contributed by atoms with Crippen molar-refractivity contribution in [2.75, 3.05) is 6.61 Å². The number of amides is 1. The Morgan fingerprint density at radius 2 is 1.90 bits per heavy atom. The van der Waals surface area contributed by atoms with Crippen LogP contribution in [0.15, 0.2) is 53.6 Å². The average Bonchev–Trinajstić information content (AvgIpc) is 3.02. The highest BCUT2D eigenvalue weighted by Gasteiger charge is 2.13. The monoisotopic (exact) mass is 443 g/mol. The van der Waals surface area contributed by atoms with Crippen molar-refractivity contribution in [3.8, 4) is 11.4 Å². The predicted molar refractivity (Wildman–Crippen MR) is 123 cm³/mol. The molecule has 0 atom stereocenters. The highest BCUT2D eigenvalue weighted by molar-refractivity contribution is 6.43. The average molecular weight is 444 g/mol. The zero-order valence-corrected chi connectivity index (χ0v) is 18.6. The Bertz CT molecular complexity index is 1070. The first-order chi connectivity index (χ1) is 14.4. The first-order valence-electron chi connectivity index (χ1n) is 9.62. The number of ether oxygens (including phenoxy) is 1. The molecule has 0 aliphatic carbocycles. The van der Waals surface area contributed by atoms with Crippen molar-refractivity contribution >= 4 is 35.3 Å². The van der Waals surface area contributed by atoms with Gasteiger partial charge >= 0.3 is 0 Å². The van der Waals surface area contributed by atoms with Crippen LogP contribution in [0.5, 0.6) is 5.75 Å². The molecule has 0 unspecified atom stereocenters. The third-order valence-electron chi connectivity index (χ3n) is 4.60. The molecular formula is C23H23Cl2N3O2. The maximum atomic E-state index is 12.3. The fourth-order valence-corrected chi connectivity index (χ4v) is 3.48. The molecule has 7 heteroatoms. The van der Waals surface area contributed by atoms with E-state index in [2.05, 4.69) is 10.5 Å². The summed E-state index contributed by atoms with van der Waals surface area (Å²) in [6.45, 7) is 6.63. The van der Waals surface area contributed by atoms with Gasteiger partial charge in [-0.25, -0.2) is 5.43 Å². The van der Waals surface area contributed by atoms with E-state index in [1.807, 2.05) is 43.5 Å². The molecule has 0 saturated heterocycles. The largest absolute Gasteiger partial charge is 0.494 e. The number of hydrogen-bond donors (Lipinski definition) is 1. The van der Waals surface area contributed by atoms with Gasteiger partial charge in [-0.2, -0.15) is 5.10 Å². The summed E-state index contributed by atoms with van der Waals surface area (Å²) >= 11 is 12.5. The van der Waals surface area contributed by atoms with Gasteiger partial charge < -0.3 is 9.30 Å². The molecule has 0 fully saturated rings. The number of hydrazone groups is 1. The van der Waals surface area contributed by atoms with Crippen molar-refractivity contribution < 1.29 is 9.53 Å². The summed E-state index contributed by atoms with van der Waals surface area (Å²) < 4.78 is 7.53. The Hall–Kier alpha value is -2.76. The molecule has 1 amide bonds. The second kappa shape index (κ2) is 9.83. The van der Waals surface area contributed by atoms with Crippen molar-refractivity contribution in [2.45, 2.75) is 27.2 Å². The van der Waals surface area contributed by atoms with Gasteiger partial charge in [0.2, 0.25) is 0 Å². The van der Waals surface area contributed by atoms with Crippen LogP contribution < -0.4 is 10.2 Å². The molecule has 0 bridgehead atoms. The summed E-state index contributed by atoms with van der Waals surface area (Å²) in [6.07, 6.45) is 2.55. The van der Waals surface area contributed by atoms with E-state index in [0.29, 0.717) is 22.2 Å². The van der Waals surface area contributed by atoms with Crippen LogP contribution >= 0.6 is 23.2 Å². The Morgan fingerprint density at radius 1 is 1.17 bits per heavy atom. The summed E-state index contributed by atoms with van der Waals surface area (Å²) in [5, 5.41) is 5.10. The summed E-state index contributed by atoms with van der Waals surface area (Å²) in [5.41, 5.74) is 6.65. The second-order valence-corrected chi connectivity index (χ2v) is 7.59. The minimum atomic E-state index is -0.292. The van der Waals surface area contributed by atoms with E-state index in [-0.39, 0.29) is 5.91 Å². The summed E-state index contributed by atoms with van der Waals surface area (Å²) in [6, 6.07) is 14.5.